The van der Waals surface area contributed by atoms with Gasteiger partial charge in [-0.3, -0.25) is 9.59 Å². The van der Waals surface area contributed by atoms with Crippen LogP contribution in [0.2, 0.25) is 0 Å². The van der Waals surface area contributed by atoms with Gasteiger partial charge in [0.25, 0.3) is 5.91 Å². The van der Waals surface area contributed by atoms with Gasteiger partial charge in [0.2, 0.25) is 0 Å². The molecule has 0 atom stereocenters. The molecule has 0 saturated carbocycles. The summed E-state index contributed by atoms with van der Waals surface area (Å²) in [5.74, 6) is 1.29. The molecule has 3 heterocycles. The van der Waals surface area contributed by atoms with E-state index in [9.17, 15) is 9.59 Å². The van der Waals surface area contributed by atoms with Gasteiger partial charge in [-0.2, -0.15) is 0 Å². The topological polar surface area (TPSA) is 108 Å². The number of carbonyl (C=O) groups excluding carboxylic acids is 2. The van der Waals surface area contributed by atoms with E-state index < -0.39 is 5.60 Å². The fourth-order valence-corrected chi connectivity index (χ4v) is 6.17. The molecule has 1 fully saturated rings. The van der Waals surface area contributed by atoms with E-state index in [1.54, 1.807) is 23.1 Å². The Morgan fingerprint density at radius 2 is 1.72 bits per heavy atom. The SMILES string of the molecule is Nc1ccc2c(c1)C(=O)CC1(CCN(C(=O)c3cc(-c4ccc(OCc5ccccc5)cc4)sc3N)CC1)O2. The van der Waals surface area contributed by atoms with Gasteiger partial charge in [-0.05, 0) is 59.7 Å². The second kappa shape index (κ2) is 10.1. The van der Waals surface area contributed by atoms with Crippen LogP contribution in [0.5, 0.6) is 11.5 Å². The fraction of sp³-hybridized carbons (Fsp3) is 0.226. The number of ether oxygens (including phenoxy) is 2. The molecule has 0 radical (unpaired) electrons. The van der Waals surface area contributed by atoms with Crippen LogP contribution in [0.25, 0.3) is 10.4 Å². The van der Waals surface area contributed by atoms with Crippen molar-refractivity contribution >= 4 is 33.7 Å². The highest BCUT2D eigenvalue weighted by Gasteiger charge is 2.44. The number of piperidine rings is 1. The lowest BCUT2D eigenvalue weighted by molar-refractivity contribution is -0.00565. The van der Waals surface area contributed by atoms with Crippen LogP contribution in [-0.4, -0.2) is 35.3 Å². The number of nitrogens with two attached hydrogens (primary N) is 2. The number of nitrogens with zero attached hydrogens (tertiary/aromatic N) is 1. The van der Waals surface area contributed by atoms with E-state index in [-0.39, 0.29) is 11.7 Å². The van der Waals surface area contributed by atoms with Crippen LogP contribution >= 0.6 is 11.3 Å². The molecular formula is C31H29N3O4S. The van der Waals surface area contributed by atoms with E-state index in [0.717, 1.165) is 21.8 Å². The summed E-state index contributed by atoms with van der Waals surface area (Å²) in [5.41, 5.74) is 15.2. The van der Waals surface area contributed by atoms with Crippen LogP contribution in [-0.2, 0) is 6.61 Å². The molecule has 4 aromatic rings. The highest BCUT2D eigenvalue weighted by Crippen LogP contribution is 2.41. The van der Waals surface area contributed by atoms with Crippen molar-refractivity contribution in [3.05, 3.63) is 95.6 Å². The van der Waals surface area contributed by atoms with Crippen LogP contribution in [0.15, 0.2) is 78.9 Å². The molecule has 2 aliphatic rings. The lowest BCUT2D eigenvalue weighted by Gasteiger charge is -2.44. The van der Waals surface area contributed by atoms with Crippen molar-refractivity contribution in [1.82, 2.24) is 4.90 Å². The second-order valence-corrected chi connectivity index (χ2v) is 11.2. The van der Waals surface area contributed by atoms with E-state index in [1.165, 1.54) is 11.3 Å². The number of amides is 1. The molecule has 3 aromatic carbocycles. The number of likely N-dealkylation sites (tertiary alicyclic amines) is 1. The smallest absolute Gasteiger partial charge is 0.256 e. The van der Waals surface area contributed by atoms with Gasteiger partial charge < -0.3 is 25.8 Å². The first-order chi connectivity index (χ1) is 18.9. The van der Waals surface area contributed by atoms with E-state index in [0.29, 0.717) is 66.5 Å². The number of nitrogen functional groups attached to an aromatic ring is 2. The van der Waals surface area contributed by atoms with Crippen LogP contribution < -0.4 is 20.9 Å². The zero-order valence-corrected chi connectivity index (χ0v) is 22.2. The predicted octanol–water partition coefficient (Wildman–Crippen LogP) is 5.80. The fourth-order valence-electron chi connectivity index (χ4n) is 5.25. The molecule has 0 bridgehead atoms. The van der Waals surface area contributed by atoms with Gasteiger partial charge in [-0.25, -0.2) is 0 Å². The number of carbonyl (C=O) groups is 2. The lowest BCUT2D eigenvalue weighted by Crippen LogP contribution is -2.52. The van der Waals surface area contributed by atoms with Gasteiger partial charge in [0.1, 0.15) is 23.7 Å². The first-order valence-corrected chi connectivity index (χ1v) is 13.8. The third-order valence-electron chi connectivity index (χ3n) is 7.45. The second-order valence-electron chi connectivity index (χ2n) is 10.1. The largest absolute Gasteiger partial charge is 0.489 e. The Kier molecular flexibility index (Phi) is 6.48. The number of Topliss-reactive ketones (excluding diaryl/α,β-unsaturated/α-hetero) is 1. The Balaban J connectivity index is 1.10. The number of fused-ring (bicyclic) bond motifs is 1. The van der Waals surface area contributed by atoms with E-state index in [1.807, 2.05) is 60.7 Å². The summed E-state index contributed by atoms with van der Waals surface area (Å²) in [5, 5.41) is 0.496. The van der Waals surface area contributed by atoms with E-state index in [2.05, 4.69) is 0 Å². The maximum absolute atomic E-state index is 13.4. The van der Waals surface area contributed by atoms with Gasteiger partial charge >= 0.3 is 0 Å². The van der Waals surface area contributed by atoms with Crippen molar-refractivity contribution in [2.24, 2.45) is 0 Å². The van der Waals surface area contributed by atoms with Crippen LogP contribution in [0.1, 0.15) is 45.5 Å². The number of anilines is 2. The lowest BCUT2D eigenvalue weighted by atomic mass is 9.82. The normalized spacial score (nSPS) is 16.0. The molecule has 6 rings (SSSR count). The zero-order valence-electron chi connectivity index (χ0n) is 21.4. The number of thiophene rings is 1. The maximum Gasteiger partial charge on any atom is 0.256 e. The van der Waals surface area contributed by atoms with Crippen molar-refractivity contribution in [3.63, 3.8) is 0 Å². The van der Waals surface area contributed by atoms with Crippen LogP contribution in [0.4, 0.5) is 10.7 Å². The molecule has 4 N–H and O–H groups in total. The molecule has 0 aliphatic carbocycles. The average Bonchev–Trinajstić information content (AvgIpc) is 3.35. The van der Waals surface area contributed by atoms with Gasteiger partial charge in [0.05, 0.1) is 22.5 Å². The van der Waals surface area contributed by atoms with Crippen LogP contribution in [0, 0.1) is 0 Å². The monoisotopic (exact) mass is 539 g/mol. The molecule has 1 aromatic heterocycles. The van der Waals surface area contributed by atoms with Gasteiger partial charge in [0, 0.05) is 36.5 Å². The molecule has 1 spiro atoms. The molecule has 198 valence electrons. The van der Waals surface area contributed by atoms with Crippen molar-refractivity contribution in [2.45, 2.75) is 31.5 Å². The quantitative estimate of drug-likeness (QED) is 0.311. The zero-order chi connectivity index (χ0) is 27.0. The van der Waals surface area contributed by atoms with Gasteiger partial charge in [-0.1, -0.05) is 30.3 Å². The average molecular weight is 540 g/mol. The molecule has 0 unspecified atom stereocenters. The third kappa shape index (κ3) is 5.07. The van der Waals surface area contributed by atoms with Crippen molar-refractivity contribution in [2.75, 3.05) is 24.6 Å². The first kappa shape index (κ1) is 25.0. The summed E-state index contributed by atoms with van der Waals surface area (Å²) in [6.45, 7) is 1.49. The number of rotatable bonds is 5. The number of benzene rings is 3. The summed E-state index contributed by atoms with van der Waals surface area (Å²) >= 11 is 1.40. The van der Waals surface area contributed by atoms with Gasteiger partial charge in [-0.15, -0.1) is 11.3 Å². The van der Waals surface area contributed by atoms with Crippen molar-refractivity contribution in [1.29, 1.82) is 0 Å². The Morgan fingerprint density at radius 3 is 2.46 bits per heavy atom. The van der Waals surface area contributed by atoms with Crippen molar-refractivity contribution in [3.8, 4) is 21.9 Å². The Labute approximate surface area is 231 Å². The summed E-state index contributed by atoms with van der Waals surface area (Å²) in [6.07, 6.45) is 1.45. The molecule has 7 nitrogen and oxygen atoms in total. The predicted molar refractivity (Wildman–Crippen MR) is 153 cm³/mol. The van der Waals surface area contributed by atoms with E-state index in [4.69, 9.17) is 20.9 Å². The summed E-state index contributed by atoms with van der Waals surface area (Å²) in [4.78, 5) is 29.0. The Morgan fingerprint density at radius 1 is 0.974 bits per heavy atom. The minimum absolute atomic E-state index is 0.0338. The first-order valence-electron chi connectivity index (χ1n) is 13.0. The highest BCUT2D eigenvalue weighted by atomic mass is 32.1. The molecule has 1 saturated heterocycles. The molecule has 39 heavy (non-hydrogen) atoms. The summed E-state index contributed by atoms with van der Waals surface area (Å²) in [7, 11) is 0. The van der Waals surface area contributed by atoms with Crippen LogP contribution in [0.3, 0.4) is 0 Å². The standard InChI is InChI=1S/C31H29N3O4S/c32-22-8-11-27-24(16-22)26(35)18-31(38-27)12-14-34(15-13-31)30(36)25-17-28(39-29(25)33)21-6-9-23(10-7-21)37-19-20-4-2-1-3-5-20/h1-11,16-17H,12-15,18-19,32-33H2. The van der Waals surface area contributed by atoms with Gasteiger partial charge in [0.15, 0.2) is 5.78 Å². The van der Waals surface area contributed by atoms with E-state index >= 15 is 0 Å². The molecule has 8 heteroatoms. The number of hydrogen-bond acceptors (Lipinski definition) is 7. The summed E-state index contributed by atoms with van der Waals surface area (Å²) in [6, 6.07) is 24.9. The Hall–Kier alpha value is -4.30. The molecule has 2 aliphatic heterocycles. The minimum Gasteiger partial charge on any atom is -0.489 e. The highest BCUT2D eigenvalue weighted by molar-refractivity contribution is 7.19. The van der Waals surface area contributed by atoms with Crippen molar-refractivity contribution < 1.29 is 19.1 Å². The summed E-state index contributed by atoms with van der Waals surface area (Å²) < 4.78 is 12.2. The maximum atomic E-state index is 13.4. The number of ketones is 1. The third-order valence-corrected chi connectivity index (χ3v) is 8.47. The minimum atomic E-state index is -0.591. The Bertz CT molecular complexity index is 1520. The molecular weight excluding hydrogens is 510 g/mol. The number of hydrogen-bond donors (Lipinski definition) is 2. The molecule has 1 amide bonds.